The molecule has 1 aromatic heterocycles. The van der Waals surface area contributed by atoms with E-state index < -0.39 is 0 Å². The highest BCUT2D eigenvalue weighted by atomic mass is 35.5. The van der Waals surface area contributed by atoms with Crippen LogP contribution in [0.3, 0.4) is 0 Å². The maximum atomic E-state index is 12.9. The number of carbonyl (C=O) groups excluding carboxylic acids is 2. The van der Waals surface area contributed by atoms with E-state index in [4.69, 9.17) is 25.8 Å². The topological polar surface area (TPSA) is 127 Å². The van der Waals surface area contributed by atoms with Crippen LogP contribution in [0.15, 0.2) is 36.7 Å². The normalized spacial score (nSPS) is 14.6. The number of halogens is 1. The Morgan fingerprint density at radius 2 is 2.10 bits per heavy atom. The minimum absolute atomic E-state index is 0.0747. The predicted molar refractivity (Wildman–Crippen MR) is 149 cm³/mol. The molecule has 2 aromatic carbocycles. The summed E-state index contributed by atoms with van der Waals surface area (Å²) in [5.41, 5.74) is 2.51. The molecule has 4 rings (SSSR count). The van der Waals surface area contributed by atoms with Gasteiger partial charge in [-0.2, -0.15) is 0 Å². The summed E-state index contributed by atoms with van der Waals surface area (Å²) in [5, 5.41) is 10.7. The van der Waals surface area contributed by atoms with Crippen LogP contribution >= 0.6 is 11.6 Å². The van der Waals surface area contributed by atoms with Gasteiger partial charge in [-0.05, 0) is 36.6 Å². The zero-order valence-electron chi connectivity index (χ0n) is 22.1. The molecule has 11 nitrogen and oxygen atoms in total. The minimum atomic E-state index is -0.235. The molecule has 0 spiro atoms. The third kappa shape index (κ3) is 7.69. The van der Waals surface area contributed by atoms with E-state index in [-0.39, 0.29) is 38.1 Å². The molecular formula is C27H33ClN6O5. The molecule has 3 aromatic rings. The number of benzene rings is 2. The number of aromatic nitrogens is 2. The number of ether oxygens (including phenoxy) is 3. The zero-order chi connectivity index (χ0) is 27.6. The van der Waals surface area contributed by atoms with Gasteiger partial charge in [0.05, 0.1) is 38.9 Å². The summed E-state index contributed by atoms with van der Waals surface area (Å²) < 4.78 is 16.6. The van der Waals surface area contributed by atoms with E-state index in [1.165, 1.54) is 11.2 Å². The van der Waals surface area contributed by atoms with Crippen LogP contribution in [0.5, 0.6) is 11.5 Å². The van der Waals surface area contributed by atoms with Gasteiger partial charge in [-0.15, -0.1) is 0 Å². The van der Waals surface area contributed by atoms with Gasteiger partial charge >= 0.3 is 0 Å². The molecule has 2 amide bonds. The molecule has 208 valence electrons. The Kier molecular flexibility index (Phi) is 10.1. The second-order valence-corrected chi connectivity index (χ2v) is 9.39. The lowest BCUT2D eigenvalue weighted by molar-refractivity contribution is -0.135. The van der Waals surface area contributed by atoms with Crippen molar-refractivity contribution in [2.75, 3.05) is 65.5 Å². The van der Waals surface area contributed by atoms with E-state index in [1.807, 2.05) is 24.3 Å². The lowest BCUT2D eigenvalue weighted by atomic mass is 10.1. The lowest BCUT2D eigenvalue weighted by Crippen LogP contribution is -2.46. The first-order valence-corrected chi connectivity index (χ1v) is 13.1. The Bertz CT molecular complexity index is 1310. The average Bonchev–Trinajstić information content (AvgIpc) is 2.93. The van der Waals surface area contributed by atoms with Crippen LogP contribution in [0.4, 0.5) is 11.5 Å². The van der Waals surface area contributed by atoms with Crippen LogP contribution < -0.4 is 25.4 Å². The fraction of sp³-hybridized carbons (Fsp3) is 0.407. The summed E-state index contributed by atoms with van der Waals surface area (Å²) in [5.74, 6) is 1.10. The molecule has 0 fully saturated rings. The number of aryl methyl sites for hydroxylation is 1. The summed E-state index contributed by atoms with van der Waals surface area (Å²) in [7, 11) is 3.15. The molecule has 39 heavy (non-hydrogen) atoms. The van der Waals surface area contributed by atoms with Gasteiger partial charge in [0.2, 0.25) is 11.8 Å². The van der Waals surface area contributed by atoms with Gasteiger partial charge in [0, 0.05) is 42.4 Å². The third-order valence-electron chi connectivity index (χ3n) is 6.26. The molecule has 0 unspecified atom stereocenters. The smallest absolute Gasteiger partial charge is 0.239 e. The molecule has 0 atom stereocenters. The van der Waals surface area contributed by atoms with Crippen molar-refractivity contribution in [1.82, 2.24) is 25.5 Å². The SMILES string of the molecule is COCCNCC(=O)N1CCOc2cc3c(ncnc3cc2OC)Nc2cc(Cl)ccc2CCCNC(=O)C1. The van der Waals surface area contributed by atoms with Crippen molar-refractivity contribution < 1.29 is 23.8 Å². The number of fused-ring (bicyclic) bond motifs is 2. The molecule has 12 heteroatoms. The van der Waals surface area contributed by atoms with Gasteiger partial charge < -0.3 is 35.1 Å². The van der Waals surface area contributed by atoms with Crippen LogP contribution in [-0.2, 0) is 20.7 Å². The summed E-state index contributed by atoms with van der Waals surface area (Å²) in [4.78, 5) is 36.0. The molecular weight excluding hydrogens is 524 g/mol. The van der Waals surface area contributed by atoms with E-state index >= 15 is 0 Å². The number of hydrogen-bond acceptors (Lipinski definition) is 9. The highest BCUT2D eigenvalue weighted by molar-refractivity contribution is 6.30. The van der Waals surface area contributed by atoms with Gasteiger partial charge in [0.1, 0.15) is 18.8 Å². The number of carbonyl (C=O) groups is 2. The molecule has 0 aliphatic carbocycles. The largest absolute Gasteiger partial charge is 0.493 e. The maximum absolute atomic E-state index is 12.9. The van der Waals surface area contributed by atoms with Gasteiger partial charge in [-0.1, -0.05) is 17.7 Å². The van der Waals surface area contributed by atoms with E-state index in [9.17, 15) is 9.59 Å². The van der Waals surface area contributed by atoms with Crippen molar-refractivity contribution in [3.8, 4) is 11.5 Å². The number of hydrogen-bond donors (Lipinski definition) is 3. The van der Waals surface area contributed by atoms with E-state index in [1.54, 1.807) is 20.3 Å². The first-order valence-electron chi connectivity index (χ1n) is 12.7. The monoisotopic (exact) mass is 556 g/mol. The molecule has 2 bridgehead atoms. The van der Waals surface area contributed by atoms with E-state index in [2.05, 4.69) is 25.9 Å². The van der Waals surface area contributed by atoms with E-state index in [0.29, 0.717) is 60.4 Å². The maximum Gasteiger partial charge on any atom is 0.239 e. The number of anilines is 2. The lowest BCUT2D eigenvalue weighted by Gasteiger charge is -2.23. The molecule has 1 aliphatic heterocycles. The standard InChI is InChI=1S/C27H33ClN6O5/c1-37-10-8-29-15-26(36)34-9-11-39-24-13-20-22(14-23(24)38-2)31-17-32-27(20)33-21-12-19(28)6-5-18(21)4-3-7-30-25(35)16-34/h5-6,12-14,17,29H,3-4,7-11,15-16H2,1-2H3,(H,30,35)(H,31,32,33). The van der Waals surface area contributed by atoms with Gasteiger partial charge in [-0.25, -0.2) is 9.97 Å². The number of amides is 2. The second-order valence-electron chi connectivity index (χ2n) is 8.96. The number of nitrogens with one attached hydrogen (secondary N) is 3. The fourth-order valence-electron chi connectivity index (χ4n) is 4.22. The summed E-state index contributed by atoms with van der Waals surface area (Å²) in [6, 6.07) is 9.23. The Labute approximate surface area is 232 Å². The zero-order valence-corrected chi connectivity index (χ0v) is 22.8. The molecule has 1 aliphatic rings. The Morgan fingerprint density at radius 3 is 2.92 bits per heavy atom. The average molecular weight is 557 g/mol. The van der Waals surface area contributed by atoms with Crippen LogP contribution in [0.2, 0.25) is 5.02 Å². The first-order chi connectivity index (χ1) is 19.0. The highest BCUT2D eigenvalue weighted by Gasteiger charge is 2.19. The molecule has 2 heterocycles. The summed E-state index contributed by atoms with van der Waals surface area (Å²) in [6.07, 6.45) is 2.87. The quantitative estimate of drug-likeness (QED) is 0.392. The van der Waals surface area contributed by atoms with Crippen molar-refractivity contribution in [3.05, 3.63) is 47.2 Å². The van der Waals surface area contributed by atoms with Crippen LogP contribution in [0.1, 0.15) is 12.0 Å². The van der Waals surface area contributed by atoms with Gasteiger partial charge in [0.25, 0.3) is 0 Å². The molecule has 3 N–H and O–H groups in total. The Balaban J connectivity index is 1.64. The number of methoxy groups -OCH3 is 2. The fourth-order valence-corrected chi connectivity index (χ4v) is 4.39. The molecule has 0 saturated carbocycles. The summed E-state index contributed by atoms with van der Waals surface area (Å²) in [6.45, 7) is 1.83. The van der Waals surface area contributed by atoms with E-state index in [0.717, 1.165) is 16.6 Å². The number of rotatable bonds is 6. The molecule has 0 radical (unpaired) electrons. The van der Waals surface area contributed by atoms with Crippen molar-refractivity contribution in [3.63, 3.8) is 0 Å². The van der Waals surface area contributed by atoms with Crippen LogP contribution in [0, 0.1) is 0 Å². The Hall–Kier alpha value is -3.67. The predicted octanol–water partition coefficient (Wildman–Crippen LogP) is 2.54. The Morgan fingerprint density at radius 1 is 1.23 bits per heavy atom. The van der Waals surface area contributed by atoms with Gasteiger partial charge in [-0.3, -0.25) is 9.59 Å². The number of nitrogens with zero attached hydrogens (tertiary/aromatic N) is 3. The van der Waals surface area contributed by atoms with Gasteiger partial charge in [0.15, 0.2) is 11.5 Å². The van der Waals surface area contributed by atoms with Crippen molar-refractivity contribution in [2.24, 2.45) is 0 Å². The highest BCUT2D eigenvalue weighted by Crippen LogP contribution is 2.35. The second kappa shape index (κ2) is 13.9. The third-order valence-corrected chi connectivity index (χ3v) is 6.49. The van der Waals surface area contributed by atoms with Crippen LogP contribution in [-0.4, -0.2) is 86.8 Å². The van der Waals surface area contributed by atoms with Crippen LogP contribution in [0.25, 0.3) is 10.9 Å². The van der Waals surface area contributed by atoms with Crippen molar-refractivity contribution in [2.45, 2.75) is 12.8 Å². The van der Waals surface area contributed by atoms with Crippen molar-refractivity contribution >= 4 is 45.8 Å². The molecule has 0 saturated heterocycles. The van der Waals surface area contributed by atoms with Crippen molar-refractivity contribution in [1.29, 1.82) is 0 Å². The summed E-state index contributed by atoms with van der Waals surface area (Å²) >= 11 is 6.31. The first kappa shape index (κ1) is 28.3. The minimum Gasteiger partial charge on any atom is -0.493 e.